The van der Waals surface area contributed by atoms with Crippen LogP contribution in [0.25, 0.3) is 0 Å². The van der Waals surface area contributed by atoms with E-state index in [2.05, 4.69) is 22.7 Å². The van der Waals surface area contributed by atoms with Crippen LogP contribution in [-0.2, 0) is 16.1 Å². The third kappa shape index (κ3) is 4.97. The fourth-order valence-electron chi connectivity index (χ4n) is 2.43. The molecule has 5 heteroatoms. The zero-order chi connectivity index (χ0) is 14.2. The zero-order valence-electron chi connectivity index (χ0n) is 11.6. The number of nitrogens with one attached hydrogen (secondary N) is 2. The molecule has 2 rings (SSSR count). The summed E-state index contributed by atoms with van der Waals surface area (Å²) in [5, 5.41) is 4.80. The maximum absolute atomic E-state index is 11.8. The van der Waals surface area contributed by atoms with Crippen LogP contribution >= 0.6 is 11.3 Å². The van der Waals surface area contributed by atoms with Gasteiger partial charge in [-0.1, -0.05) is 12.0 Å². The van der Waals surface area contributed by atoms with Gasteiger partial charge in [0, 0.05) is 6.61 Å². The van der Waals surface area contributed by atoms with Crippen LogP contribution in [-0.4, -0.2) is 38.3 Å². The third-order valence-corrected chi connectivity index (χ3v) is 4.22. The lowest BCUT2D eigenvalue weighted by molar-refractivity contribution is -0.908. The quantitative estimate of drug-likeness (QED) is 0.698. The molecule has 0 radical (unpaired) electrons. The highest BCUT2D eigenvalue weighted by Crippen LogP contribution is 2.10. The van der Waals surface area contributed by atoms with Crippen molar-refractivity contribution in [3.05, 3.63) is 22.4 Å². The fourth-order valence-corrected chi connectivity index (χ4v) is 3.21. The lowest BCUT2D eigenvalue weighted by atomic mass is 10.2. The van der Waals surface area contributed by atoms with Crippen molar-refractivity contribution in [1.29, 1.82) is 0 Å². The van der Waals surface area contributed by atoms with Crippen LogP contribution in [0.3, 0.4) is 0 Å². The van der Waals surface area contributed by atoms with Crippen LogP contribution in [0.2, 0.25) is 0 Å². The van der Waals surface area contributed by atoms with Crippen molar-refractivity contribution < 1.29 is 14.4 Å². The van der Waals surface area contributed by atoms with Gasteiger partial charge in [-0.3, -0.25) is 4.79 Å². The molecular weight excluding hydrogens is 272 g/mol. The second-order valence-electron chi connectivity index (χ2n) is 5.00. The second-order valence-corrected chi connectivity index (χ2v) is 6.04. The van der Waals surface area contributed by atoms with Crippen LogP contribution in [0, 0.1) is 12.3 Å². The van der Waals surface area contributed by atoms with Crippen molar-refractivity contribution in [2.75, 3.05) is 26.2 Å². The van der Waals surface area contributed by atoms with Crippen molar-refractivity contribution in [3.63, 3.8) is 0 Å². The summed E-state index contributed by atoms with van der Waals surface area (Å²) in [6.45, 7) is 3.33. The zero-order valence-corrected chi connectivity index (χ0v) is 12.4. The molecule has 0 saturated carbocycles. The van der Waals surface area contributed by atoms with Gasteiger partial charge in [0.1, 0.15) is 19.2 Å². The van der Waals surface area contributed by atoms with Crippen molar-refractivity contribution in [2.45, 2.75) is 25.5 Å². The van der Waals surface area contributed by atoms with Crippen molar-refractivity contribution in [2.24, 2.45) is 0 Å². The summed E-state index contributed by atoms with van der Waals surface area (Å²) >= 11 is 1.73. The Labute approximate surface area is 124 Å². The molecule has 0 aromatic carbocycles. The van der Waals surface area contributed by atoms with Gasteiger partial charge in [-0.2, -0.15) is 0 Å². The molecule has 2 heterocycles. The van der Waals surface area contributed by atoms with Gasteiger partial charge in [-0.25, -0.2) is 0 Å². The van der Waals surface area contributed by atoms with Gasteiger partial charge in [0.2, 0.25) is 0 Å². The van der Waals surface area contributed by atoms with Gasteiger partial charge >= 0.3 is 0 Å². The molecule has 1 unspecified atom stereocenters. The van der Waals surface area contributed by atoms with Gasteiger partial charge < -0.3 is 15.0 Å². The van der Waals surface area contributed by atoms with Gasteiger partial charge in [0.05, 0.1) is 11.4 Å². The molecule has 4 nitrogen and oxygen atoms in total. The molecule has 0 spiro atoms. The molecular formula is C15H21N2O2S+. The van der Waals surface area contributed by atoms with Crippen LogP contribution < -0.4 is 10.2 Å². The molecule has 0 bridgehead atoms. The van der Waals surface area contributed by atoms with E-state index in [1.165, 1.54) is 9.78 Å². The summed E-state index contributed by atoms with van der Waals surface area (Å²) in [4.78, 5) is 14.4. The van der Waals surface area contributed by atoms with E-state index in [1.54, 1.807) is 11.3 Å². The first-order valence-corrected chi connectivity index (χ1v) is 7.83. The molecule has 1 aromatic rings. The Morgan fingerprint density at radius 1 is 1.65 bits per heavy atom. The Hall–Kier alpha value is -1.35. The van der Waals surface area contributed by atoms with Gasteiger partial charge in [0.25, 0.3) is 5.91 Å². The predicted molar refractivity (Wildman–Crippen MR) is 79.5 cm³/mol. The van der Waals surface area contributed by atoms with E-state index in [0.717, 1.165) is 32.5 Å². The third-order valence-electron chi connectivity index (χ3n) is 3.34. The standard InChI is InChI=1S/C15H20N2O2S/c1-2-7-16-15(18)12-17(10-13-5-3-8-19-13)11-14-6-4-9-20-14/h1,4,6,9,13H,3,5,7-8,10-12H2,(H,16,18)/p+1/t13-/m0/s1. The average molecular weight is 293 g/mol. The van der Waals surface area contributed by atoms with Crippen LogP contribution in [0.4, 0.5) is 0 Å². The van der Waals surface area contributed by atoms with E-state index in [4.69, 9.17) is 11.2 Å². The summed E-state index contributed by atoms with van der Waals surface area (Å²) < 4.78 is 5.68. The maximum atomic E-state index is 11.8. The van der Waals surface area contributed by atoms with Gasteiger partial charge in [-0.15, -0.1) is 17.8 Å². The minimum atomic E-state index is 0.00695. The Bertz CT molecular complexity index is 447. The first kappa shape index (κ1) is 15.0. The minimum Gasteiger partial charge on any atom is -0.372 e. The number of carbonyl (C=O) groups excluding carboxylic acids is 1. The number of hydrogen-bond acceptors (Lipinski definition) is 3. The summed E-state index contributed by atoms with van der Waals surface area (Å²) in [7, 11) is 0. The molecule has 1 aromatic heterocycles. The highest BCUT2D eigenvalue weighted by atomic mass is 32.1. The number of amides is 1. The van der Waals surface area contributed by atoms with Gasteiger partial charge in [0.15, 0.2) is 6.54 Å². The topological polar surface area (TPSA) is 42.8 Å². The number of thiophene rings is 1. The highest BCUT2D eigenvalue weighted by molar-refractivity contribution is 7.09. The number of terminal acetylenes is 1. The molecule has 108 valence electrons. The van der Waals surface area contributed by atoms with Crippen LogP contribution in [0.1, 0.15) is 17.7 Å². The summed E-state index contributed by atoms with van der Waals surface area (Å²) in [5.74, 6) is 2.43. The molecule has 20 heavy (non-hydrogen) atoms. The number of quaternary nitrogens is 1. The lowest BCUT2D eigenvalue weighted by Gasteiger charge is -2.21. The molecule has 1 aliphatic heterocycles. The minimum absolute atomic E-state index is 0.00695. The average Bonchev–Trinajstić information content (AvgIpc) is 3.09. The normalized spacial score (nSPS) is 19.4. The summed E-state index contributed by atoms with van der Waals surface area (Å²) in [5.41, 5.74) is 0. The fraction of sp³-hybridized carbons (Fsp3) is 0.533. The first-order valence-electron chi connectivity index (χ1n) is 6.95. The molecule has 1 aliphatic rings. The number of carbonyl (C=O) groups is 1. The number of hydrogen-bond donors (Lipinski definition) is 2. The number of ether oxygens (including phenoxy) is 1. The van der Waals surface area contributed by atoms with E-state index in [0.29, 0.717) is 13.1 Å². The predicted octanol–water partition coefficient (Wildman–Crippen LogP) is 0.0614. The highest BCUT2D eigenvalue weighted by Gasteiger charge is 2.24. The molecule has 1 amide bonds. The van der Waals surface area contributed by atoms with Gasteiger partial charge in [-0.05, 0) is 24.3 Å². The molecule has 1 fully saturated rings. The Morgan fingerprint density at radius 2 is 2.55 bits per heavy atom. The Morgan fingerprint density at radius 3 is 3.20 bits per heavy atom. The summed E-state index contributed by atoms with van der Waals surface area (Å²) in [6.07, 6.45) is 7.66. The largest absolute Gasteiger partial charge is 0.372 e. The van der Waals surface area contributed by atoms with E-state index >= 15 is 0 Å². The number of rotatable bonds is 7. The van der Waals surface area contributed by atoms with Crippen molar-refractivity contribution in [1.82, 2.24) is 5.32 Å². The van der Waals surface area contributed by atoms with E-state index in [1.807, 2.05) is 6.07 Å². The van der Waals surface area contributed by atoms with Crippen LogP contribution in [0.15, 0.2) is 17.5 Å². The SMILES string of the molecule is C#CCNC(=O)C[NH+](Cc1cccs1)C[C@@H]1CCCO1. The monoisotopic (exact) mass is 293 g/mol. The maximum Gasteiger partial charge on any atom is 0.275 e. The lowest BCUT2D eigenvalue weighted by Crippen LogP contribution is -3.13. The molecule has 2 N–H and O–H groups in total. The van der Waals surface area contributed by atoms with E-state index < -0.39 is 0 Å². The van der Waals surface area contributed by atoms with Crippen molar-refractivity contribution in [3.8, 4) is 12.3 Å². The Kier molecular flexibility index (Phi) is 6.06. The molecule has 2 atom stereocenters. The molecule has 1 saturated heterocycles. The smallest absolute Gasteiger partial charge is 0.275 e. The first-order chi connectivity index (χ1) is 9.78. The second kappa shape index (κ2) is 8.05. The summed E-state index contributed by atoms with van der Waals surface area (Å²) in [6, 6.07) is 4.15. The van der Waals surface area contributed by atoms with E-state index in [-0.39, 0.29) is 12.0 Å². The van der Waals surface area contributed by atoms with E-state index in [9.17, 15) is 4.79 Å². The molecule has 0 aliphatic carbocycles. The van der Waals surface area contributed by atoms with Crippen molar-refractivity contribution >= 4 is 17.2 Å². The Balaban J connectivity index is 1.88. The van der Waals surface area contributed by atoms with Crippen LogP contribution in [0.5, 0.6) is 0 Å².